The van der Waals surface area contributed by atoms with Gasteiger partial charge in [0.25, 0.3) is 0 Å². The average molecular weight is 157 g/mol. The van der Waals surface area contributed by atoms with Gasteiger partial charge in [0.1, 0.15) is 0 Å². The van der Waals surface area contributed by atoms with Crippen LogP contribution in [0.3, 0.4) is 0 Å². The van der Waals surface area contributed by atoms with Gasteiger partial charge in [-0.05, 0) is 12.3 Å². The van der Waals surface area contributed by atoms with Crippen LogP contribution in [-0.2, 0) is 4.79 Å². The van der Waals surface area contributed by atoms with Gasteiger partial charge in [0, 0.05) is 6.04 Å². The van der Waals surface area contributed by atoms with Gasteiger partial charge in [-0.3, -0.25) is 4.79 Å². The lowest BCUT2D eigenvalue weighted by atomic mass is 9.96. The first-order chi connectivity index (χ1) is 5.26. The molecule has 0 heterocycles. The Hall–Kier alpha value is -0.530. The molecule has 2 atom stereocenters. The molecule has 11 heavy (non-hydrogen) atoms. The Kier molecular flexibility index (Phi) is 5.90. The Bertz CT molecular complexity index is 104. The zero-order chi connectivity index (χ0) is 8.69. The third kappa shape index (κ3) is 4.02. The lowest BCUT2D eigenvalue weighted by Crippen LogP contribution is -2.33. The van der Waals surface area contributed by atoms with Crippen molar-refractivity contribution in [1.29, 1.82) is 0 Å². The van der Waals surface area contributed by atoms with Crippen molar-refractivity contribution >= 4 is 6.41 Å². The lowest BCUT2D eigenvalue weighted by Gasteiger charge is -2.21. The van der Waals surface area contributed by atoms with Crippen LogP contribution in [0.1, 0.15) is 40.0 Å². The monoisotopic (exact) mass is 157 g/mol. The Morgan fingerprint density at radius 3 is 2.45 bits per heavy atom. The predicted octanol–water partition coefficient (Wildman–Crippen LogP) is 1.95. The summed E-state index contributed by atoms with van der Waals surface area (Å²) in [5, 5.41) is 2.85. The number of amides is 1. The molecular weight excluding hydrogens is 138 g/mol. The summed E-state index contributed by atoms with van der Waals surface area (Å²) in [5.74, 6) is 0.597. The van der Waals surface area contributed by atoms with E-state index in [0.29, 0.717) is 12.0 Å². The van der Waals surface area contributed by atoms with E-state index >= 15 is 0 Å². The molecular formula is C9H19NO. The summed E-state index contributed by atoms with van der Waals surface area (Å²) in [7, 11) is 0. The van der Waals surface area contributed by atoms with Crippen LogP contribution in [0, 0.1) is 5.92 Å². The number of carbonyl (C=O) groups excluding carboxylic acids is 1. The Labute approximate surface area is 69.4 Å². The Morgan fingerprint density at radius 1 is 1.45 bits per heavy atom. The van der Waals surface area contributed by atoms with Crippen LogP contribution >= 0.6 is 0 Å². The number of hydrogen-bond donors (Lipinski definition) is 1. The summed E-state index contributed by atoms with van der Waals surface area (Å²) < 4.78 is 0. The minimum Gasteiger partial charge on any atom is -0.356 e. The van der Waals surface area contributed by atoms with Crippen molar-refractivity contribution in [3.8, 4) is 0 Å². The van der Waals surface area contributed by atoms with Crippen LogP contribution in [0.15, 0.2) is 0 Å². The molecule has 0 saturated carbocycles. The van der Waals surface area contributed by atoms with Crippen LogP contribution in [0.2, 0.25) is 0 Å². The maximum atomic E-state index is 10.2. The summed E-state index contributed by atoms with van der Waals surface area (Å²) in [6, 6.07) is 0.377. The summed E-state index contributed by atoms with van der Waals surface area (Å²) in [5.41, 5.74) is 0. The number of hydrogen-bond acceptors (Lipinski definition) is 1. The van der Waals surface area contributed by atoms with Crippen molar-refractivity contribution in [2.45, 2.75) is 46.1 Å². The van der Waals surface area contributed by atoms with Crippen molar-refractivity contribution in [2.24, 2.45) is 5.92 Å². The van der Waals surface area contributed by atoms with Crippen molar-refractivity contribution in [3.05, 3.63) is 0 Å². The zero-order valence-electron chi connectivity index (χ0n) is 7.76. The molecule has 0 fully saturated rings. The van der Waals surface area contributed by atoms with Crippen LogP contribution in [0.4, 0.5) is 0 Å². The van der Waals surface area contributed by atoms with Crippen molar-refractivity contribution in [3.63, 3.8) is 0 Å². The molecule has 0 spiro atoms. The van der Waals surface area contributed by atoms with Gasteiger partial charge in [-0.25, -0.2) is 0 Å². The minimum atomic E-state index is 0.377. The molecule has 2 nitrogen and oxygen atoms in total. The minimum absolute atomic E-state index is 0.377. The van der Waals surface area contributed by atoms with Crippen molar-refractivity contribution in [2.75, 3.05) is 0 Å². The molecule has 2 unspecified atom stereocenters. The molecule has 0 bridgehead atoms. The molecule has 1 amide bonds. The van der Waals surface area contributed by atoms with Gasteiger partial charge in [0.15, 0.2) is 0 Å². The molecule has 0 radical (unpaired) electrons. The first kappa shape index (κ1) is 10.5. The van der Waals surface area contributed by atoms with Crippen LogP contribution in [0.5, 0.6) is 0 Å². The summed E-state index contributed by atoms with van der Waals surface area (Å²) >= 11 is 0. The highest BCUT2D eigenvalue weighted by molar-refractivity contribution is 5.46. The Balaban J connectivity index is 3.75. The first-order valence-corrected chi connectivity index (χ1v) is 4.45. The zero-order valence-corrected chi connectivity index (χ0v) is 7.76. The standard InChI is InChI=1S/C9H19NO/c1-4-6-9(10-7-11)8(3)5-2/h7-9H,4-6H2,1-3H3,(H,10,11). The summed E-state index contributed by atoms with van der Waals surface area (Å²) in [6.07, 6.45) is 4.17. The van der Waals surface area contributed by atoms with Crippen molar-refractivity contribution in [1.82, 2.24) is 5.32 Å². The second kappa shape index (κ2) is 6.20. The topological polar surface area (TPSA) is 29.1 Å². The Morgan fingerprint density at radius 2 is 2.09 bits per heavy atom. The summed E-state index contributed by atoms with van der Waals surface area (Å²) in [6.45, 7) is 6.47. The highest BCUT2D eigenvalue weighted by Crippen LogP contribution is 2.11. The quantitative estimate of drug-likeness (QED) is 0.587. The van der Waals surface area contributed by atoms with Gasteiger partial charge in [0.05, 0.1) is 0 Å². The smallest absolute Gasteiger partial charge is 0.207 e. The average Bonchev–Trinajstić information content (AvgIpc) is 2.03. The largest absolute Gasteiger partial charge is 0.356 e. The molecule has 0 aliphatic heterocycles. The van der Waals surface area contributed by atoms with Gasteiger partial charge in [-0.1, -0.05) is 33.6 Å². The van der Waals surface area contributed by atoms with Gasteiger partial charge >= 0.3 is 0 Å². The molecule has 0 aliphatic carbocycles. The van der Waals surface area contributed by atoms with E-state index in [0.717, 1.165) is 25.7 Å². The second-order valence-corrected chi connectivity index (χ2v) is 3.07. The van der Waals surface area contributed by atoms with E-state index in [1.54, 1.807) is 0 Å². The fourth-order valence-corrected chi connectivity index (χ4v) is 1.22. The van der Waals surface area contributed by atoms with E-state index in [1.807, 2.05) is 0 Å². The van der Waals surface area contributed by atoms with Crippen molar-refractivity contribution < 1.29 is 4.79 Å². The molecule has 2 heteroatoms. The van der Waals surface area contributed by atoms with Gasteiger partial charge < -0.3 is 5.32 Å². The van der Waals surface area contributed by atoms with E-state index in [9.17, 15) is 4.79 Å². The second-order valence-electron chi connectivity index (χ2n) is 3.07. The van der Waals surface area contributed by atoms with Gasteiger partial charge in [-0.2, -0.15) is 0 Å². The molecule has 1 N–H and O–H groups in total. The fraction of sp³-hybridized carbons (Fsp3) is 0.889. The fourth-order valence-electron chi connectivity index (χ4n) is 1.22. The van der Waals surface area contributed by atoms with E-state index < -0.39 is 0 Å². The third-order valence-corrected chi connectivity index (χ3v) is 2.21. The van der Waals surface area contributed by atoms with Crippen LogP contribution < -0.4 is 5.32 Å². The molecule has 0 aromatic rings. The highest BCUT2D eigenvalue weighted by Gasteiger charge is 2.12. The highest BCUT2D eigenvalue weighted by atomic mass is 16.1. The van der Waals surface area contributed by atoms with Gasteiger partial charge in [-0.15, -0.1) is 0 Å². The number of rotatable bonds is 6. The SMILES string of the molecule is CCCC(NC=O)C(C)CC. The maximum absolute atomic E-state index is 10.2. The van der Waals surface area contributed by atoms with E-state index in [-0.39, 0.29) is 0 Å². The van der Waals surface area contributed by atoms with Crippen LogP contribution in [0.25, 0.3) is 0 Å². The third-order valence-electron chi connectivity index (χ3n) is 2.21. The predicted molar refractivity (Wildman–Crippen MR) is 47.4 cm³/mol. The normalized spacial score (nSPS) is 15.5. The molecule has 0 saturated heterocycles. The molecule has 0 rings (SSSR count). The molecule has 0 aliphatic rings. The number of nitrogens with one attached hydrogen (secondary N) is 1. The summed E-state index contributed by atoms with van der Waals surface area (Å²) in [4.78, 5) is 10.2. The molecule has 0 aromatic heterocycles. The van der Waals surface area contributed by atoms with E-state index in [1.165, 1.54) is 0 Å². The maximum Gasteiger partial charge on any atom is 0.207 e. The van der Waals surface area contributed by atoms with Crippen LogP contribution in [-0.4, -0.2) is 12.5 Å². The number of carbonyl (C=O) groups is 1. The lowest BCUT2D eigenvalue weighted by molar-refractivity contribution is -0.110. The van der Waals surface area contributed by atoms with E-state index in [2.05, 4.69) is 26.1 Å². The molecule has 66 valence electrons. The van der Waals surface area contributed by atoms with E-state index in [4.69, 9.17) is 0 Å². The first-order valence-electron chi connectivity index (χ1n) is 4.45. The van der Waals surface area contributed by atoms with Gasteiger partial charge in [0.2, 0.25) is 6.41 Å². The molecule has 0 aromatic carbocycles.